The molecule has 0 aliphatic rings. The fraction of sp³-hybridized carbons (Fsp3) is 0.227. The van der Waals surface area contributed by atoms with E-state index in [9.17, 15) is 27.9 Å². The molecule has 0 saturated heterocycles. The topological polar surface area (TPSA) is 99.3 Å². The van der Waals surface area contributed by atoms with Gasteiger partial charge in [0.25, 0.3) is 0 Å². The van der Waals surface area contributed by atoms with Gasteiger partial charge in [0, 0.05) is 21.8 Å². The number of nitriles is 1. The number of halogens is 4. The van der Waals surface area contributed by atoms with Crippen molar-refractivity contribution in [2.75, 3.05) is 0 Å². The molecule has 0 radical (unpaired) electrons. The summed E-state index contributed by atoms with van der Waals surface area (Å²) < 4.78 is 53.5. The summed E-state index contributed by atoms with van der Waals surface area (Å²) in [4.78, 5) is 0.454. The quantitative estimate of drug-likeness (QED) is 0.278. The maximum atomic E-state index is 13.3. The lowest BCUT2D eigenvalue weighted by Gasteiger charge is -2.30. The Bertz CT molecular complexity index is 1200. The Hall–Kier alpha value is -3.13. The Kier molecular flexibility index (Phi) is 6.46. The minimum absolute atomic E-state index is 0.0138. The van der Waals surface area contributed by atoms with Crippen LogP contribution in [0.3, 0.4) is 0 Å². The molecule has 0 bridgehead atoms. The molecule has 0 fully saturated rings. The van der Waals surface area contributed by atoms with Gasteiger partial charge in [0.05, 0.1) is 12.2 Å². The van der Waals surface area contributed by atoms with Gasteiger partial charge in [-0.3, -0.25) is 0 Å². The second-order valence-electron chi connectivity index (χ2n) is 7.22. The Morgan fingerprint density at radius 2 is 1.88 bits per heavy atom. The Morgan fingerprint density at radius 3 is 2.44 bits per heavy atom. The predicted octanol–water partition coefficient (Wildman–Crippen LogP) is 4.76. The molecular formula is C22H20F4N4OS. The third kappa shape index (κ3) is 4.41. The highest BCUT2D eigenvalue weighted by Crippen LogP contribution is 2.39. The molecule has 3 aromatic rings. The summed E-state index contributed by atoms with van der Waals surface area (Å²) in [5.74, 6) is 5.44. The van der Waals surface area contributed by atoms with Gasteiger partial charge in [-0.1, -0.05) is 31.2 Å². The lowest BCUT2D eigenvalue weighted by atomic mass is 9.96. The number of fused-ring (bicyclic) bond motifs is 1. The molecule has 10 heteroatoms. The normalized spacial score (nSPS) is 14.2. The van der Waals surface area contributed by atoms with Crippen molar-refractivity contribution in [2.45, 2.75) is 31.7 Å². The second kappa shape index (κ2) is 8.78. The number of rotatable bonds is 6. The Balaban J connectivity index is 1.91. The van der Waals surface area contributed by atoms with Gasteiger partial charge < -0.3 is 15.8 Å². The van der Waals surface area contributed by atoms with E-state index in [0.717, 1.165) is 21.3 Å². The monoisotopic (exact) mass is 464 g/mol. The molecule has 1 unspecified atom stereocenters. The summed E-state index contributed by atoms with van der Waals surface area (Å²) in [7, 11) is 0. The number of nitrogens with zero attached hydrogens (tertiary/aromatic N) is 2. The van der Waals surface area contributed by atoms with Crippen LogP contribution < -0.4 is 11.6 Å². The number of benzene rings is 2. The molecule has 0 aliphatic heterocycles. The molecular weight excluding hydrogens is 444 g/mol. The number of hydrogen-bond donors (Lipinski definition) is 3. The number of nitrogens with two attached hydrogens (primary N) is 2. The average Bonchev–Trinajstić information content (AvgIpc) is 3.10. The Morgan fingerprint density at radius 1 is 1.22 bits per heavy atom. The number of aliphatic hydroxyl groups is 1. The summed E-state index contributed by atoms with van der Waals surface area (Å²) in [5.41, 5.74) is 3.58. The van der Waals surface area contributed by atoms with Crippen LogP contribution in [-0.2, 0) is 6.54 Å². The van der Waals surface area contributed by atoms with E-state index in [1.165, 1.54) is 30.4 Å². The van der Waals surface area contributed by atoms with Crippen molar-refractivity contribution in [1.82, 2.24) is 5.01 Å². The number of hydrazine groups is 1. The van der Waals surface area contributed by atoms with E-state index in [4.69, 9.17) is 11.6 Å². The standard InChI is InChI=1S/C22H20F4N4OS/c1-2-21(31,22(24,25)26)19(28)12-30(29)11-13-3-8-16-17(9-13)32-18(10-27)20(16)14-4-6-15(23)7-5-14/h3-9,12,31H,2,11,28-29H2,1H3/b19-12-. The van der Waals surface area contributed by atoms with Crippen molar-refractivity contribution in [1.29, 1.82) is 5.26 Å². The maximum absolute atomic E-state index is 13.3. The smallest absolute Gasteiger partial charge is 0.398 e. The average molecular weight is 464 g/mol. The largest absolute Gasteiger partial charge is 0.422 e. The molecule has 1 atom stereocenters. The number of thiophene rings is 1. The third-order valence-electron chi connectivity index (χ3n) is 5.12. The molecule has 0 saturated carbocycles. The fourth-order valence-electron chi connectivity index (χ4n) is 3.33. The lowest BCUT2D eigenvalue weighted by molar-refractivity contribution is -0.245. The molecule has 32 heavy (non-hydrogen) atoms. The van der Waals surface area contributed by atoms with E-state index in [1.807, 2.05) is 0 Å². The molecule has 5 N–H and O–H groups in total. The molecule has 3 rings (SSSR count). The summed E-state index contributed by atoms with van der Waals surface area (Å²) in [5, 5.41) is 21.2. The summed E-state index contributed by atoms with van der Waals surface area (Å²) in [6.45, 7) is 1.19. The van der Waals surface area contributed by atoms with Crippen molar-refractivity contribution in [3.8, 4) is 17.2 Å². The molecule has 0 aliphatic carbocycles. The molecule has 0 amide bonds. The van der Waals surface area contributed by atoms with Crippen molar-refractivity contribution in [2.24, 2.45) is 11.6 Å². The van der Waals surface area contributed by atoms with Crippen LogP contribution in [0.15, 0.2) is 54.4 Å². The van der Waals surface area contributed by atoms with Crippen LogP contribution in [0.2, 0.25) is 0 Å². The third-order valence-corrected chi connectivity index (χ3v) is 6.17. The van der Waals surface area contributed by atoms with Crippen LogP contribution >= 0.6 is 11.3 Å². The minimum Gasteiger partial charge on any atom is -0.398 e. The molecule has 1 heterocycles. The highest BCUT2D eigenvalue weighted by atomic mass is 32.1. The summed E-state index contributed by atoms with van der Waals surface area (Å²) in [6.07, 6.45) is -4.74. The zero-order valence-electron chi connectivity index (χ0n) is 16.9. The molecule has 2 aromatic carbocycles. The highest BCUT2D eigenvalue weighted by Gasteiger charge is 2.54. The Labute approximate surface area is 185 Å². The van der Waals surface area contributed by atoms with Crippen LogP contribution in [0.25, 0.3) is 21.2 Å². The van der Waals surface area contributed by atoms with Gasteiger partial charge >= 0.3 is 6.18 Å². The van der Waals surface area contributed by atoms with E-state index in [-0.39, 0.29) is 12.4 Å². The van der Waals surface area contributed by atoms with E-state index in [2.05, 4.69) is 6.07 Å². The fourth-order valence-corrected chi connectivity index (χ4v) is 4.42. The second-order valence-corrected chi connectivity index (χ2v) is 8.28. The summed E-state index contributed by atoms with van der Waals surface area (Å²) in [6, 6.07) is 13.2. The SMILES string of the molecule is CCC(O)(/C(N)=C/N(N)Cc1ccc2c(-c3ccc(F)cc3)c(C#N)sc2c1)C(F)(F)F. The van der Waals surface area contributed by atoms with Crippen LogP contribution in [0.1, 0.15) is 23.8 Å². The first kappa shape index (κ1) is 23.5. The zero-order chi connectivity index (χ0) is 23.7. The van der Waals surface area contributed by atoms with Crippen LogP contribution in [0.5, 0.6) is 0 Å². The molecule has 0 spiro atoms. The van der Waals surface area contributed by atoms with E-state index in [1.54, 1.807) is 30.3 Å². The maximum Gasteiger partial charge on any atom is 0.422 e. The van der Waals surface area contributed by atoms with Crippen LogP contribution in [0.4, 0.5) is 17.6 Å². The highest BCUT2D eigenvalue weighted by molar-refractivity contribution is 7.20. The van der Waals surface area contributed by atoms with E-state index >= 15 is 0 Å². The lowest BCUT2D eigenvalue weighted by Crippen LogP contribution is -2.49. The van der Waals surface area contributed by atoms with E-state index in [0.29, 0.717) is 21.6 Å². The van der Waals surface area contributed by atoms with Crippen molar-refractivity contribution in [3.63, 3.8) is 0 Å². The van der Waals surface area contributed by atoms with Gasteiger partial charge in [-0.2, -0.15) is 18.4 Å². The van der Waals surface area contributed by atoms with Crippen LogP contribution in [-0.4, -0.2) is 21.9 Å². The van der Waals surface area contributed by atoms with Gasteiger partial charge in [0.2, 0.25) is 5.60 Å². The van der Waals surface area contributed by atoms with Crippen molar-refractivity contribution < 1.29 is 22.7 Å². The molecule has 168 valence electrons. The van der Waals surface area contributed by atoms with Crippen LogP contribution in [0, 0.1) is 17.1 Å². The van der Waals surface area contributed by atoms with Gasteiger partial charge in [0.1, 0.15) is 16.8 Å². The number of alkyl halides is 3. The van der Waals surface area contributed by atoms with Gasteiger partial charge in [-0.05, 0) is 35.7 Å². The summed E-state index contributed by atoms with van der Waals surface area (Å²) >= 11 is 1.25. The van der Waals surface area contributed by atoms with Gasteiger partial charge in [-0.25, -0.2) is 10.2 Å². The zero-order valence-corrected chi connectivity index (χ0v) is 17.8. The molecule has 1 aromatic heterocycles. The first-order valence-corrected chi connectivity index (χ1v) is 10.3. The molecule has 5 nitrogen and oxygen atoms in total. The van der Waals surface area contributed by atoms with E-state index < -0.39 is 23.9 Å². The van der Waals surface area contributed by atoms with Gasteiger partial charge in [0.15, 0.2) is 0 Å². The van der Waals surface area contributed by atoms with Gasteiger partial charge in [-0.15, -0.1) is 11.3 Å². The first-order chi connectivity index (χ1) is 15.0. The van der Waals surface area contributed by atoms with Crippen molar-refractivity contribution in [3.05, 3.63) is 70.6 Å². The predicted molar refractivity (Wildman–Crippen MR) is 115 cm³/mol. The minimum atomic E-state index is -4.94. The van der Waals surface area contributed by atoms with Crippen molar-refractivity contribution >= 4 is 21.4 Å². The number of hydrogen-bond acceptors (Lipinski definition) is 6. The first-order valence-electron chi connectivity index (χ1n) is 9.49.